The highest BCUT2D eigenvalue weighted by molar-refractivity contribution is 5.68. The van der Waals surface area contributed by atoms with Crippen molar-refractivity contribution in [2.24, 2.45) is 0 Å². The minimum absolute atomic E-state index is 0.148. The third-order valence-electron chi connectivity index (χ3n) is 12.8. The van der Waals surface area contributed by atoms with Crippen molar-refractivity contribution in [1.82, 2.24) is 44.4 Å². The molecule has 3 saturated heterocycles. The number of alkyl carbamates (subject to hydrolysis) is 3. The number of carbonyl (C=O) groups excluding carboxylic acids is 3. The summed E-state index contributed by atoms with van der Waals surface area (Å²) in [7, 11) is 0. The standard InChI is InChI=1S/C51H87N9O12/c1-7-28-67-37-43(34-55-31-40(55)4)70-46(61)52-22-16-10-13-19-25-58-49(64)59(26-20-14-11-17-23-53-47(62)71-44(38-68-29-8-2)35-56-32-41(56)5)51(66)60(50(58)65)27-21-15-12-18-24-54-48(63)72-45(39-69-30-9-3)36-57-33-42(57)6/h7-9,40-45H,1-3,10-39H2,4-6H3,(H,52,61)(H,53,62)(H,54,63). The van der Waals surface area contributed by atoms with Crippen LogP contribution in [-0.4, -0.2) is 182 Å². The van der Waals surface area contributed by atoms with Crippen LogP contribution < -0.4 is 33.0 Å². The quantitative estimate of drug-likeness (QED) is 0.0367. The fourth-order valence-corrected chi connectivity index (χ4v) is 8.30. The highest BCUT2D eigenvalue weighted by Crippen LogP contribution is 2.19. The van der Waals surface area contributed by atoms with E-state index in [9.17, 15) is 28.8 Å². The van der Waals surface area contributed by atoms with Crippen LogP contribution in [0.2, 0.25) is 0 Å². The summed E-state index contributed by atoms with van der Waals surface area (Å²) in [5, 5.41) is 8.45. The molecule has 0 radical (unpaired) electrons. The third-order valence-corrected chi connectivity index (χ3v) is 12.8. The average Bonchev–Trinajstić information content (AvgIpc) is 4.32. The van der Waals surface area contributed by atoms with Crippen LogP contribution in [0.4, 0.5) is 14.4 Å². The minimum atomic E-state index is -0.626. The van der Waals surface area contributed by atoms with Crippen molar-refractivity contribution in [2.45, 2.75) is 154 Å². The minimum Gasteiger partial charge on any atom is -0.442 e. The lowest BCUT2D eigenvalue weighted by Gasteiger charge is -2.19. The topological polar surface area (TPSA) is 218 Å². The fourth-order valence-electron chi connectivity index (χ4n) is 8.30. The van der Waals surface area contributed by atoms with Crippen LogP contribution in [0.1, 0.15) is 97.8 Å². The molecule has 21 nitrogen and oxygen atoms in total. The van der Waals surface area contributed by atoms with E-state index in [1.54, 1.807) is 18.2 Å². The van der Waals surface area contributed by atoms with Gasteiger partial charge in [0, 0.05) is 96.7 Å². The van der Waals surface area contributed by atoms with Crippen LogP contribution in [-0.2, 0) is 48.1 Å². The Labute approximate surface area is 426 Å². The first kappa shape index (κ1) is 59.8. The van der Waals surface area contributed by atoms with Crippen molar-refractivity contribution in [3.63, 3.8) is 0 Å². The summed E-state index contributed by atoms with van der Waals surface area (Å²) in [6, 6.07) is 1.40. The Bertz CT molecular complexity index is 1740. The van der Waals surface area contributed by atoms with Gasteiger partial charge in [-0.15, -0.1) is 19.7 Å². The maximum Gasteiger partial charge on any atom is 0.407 e. The second kappa shape index (κ2) is 33.8. The molecule has 408 valence electrons. The molecule has 3 aliphatic heterocycles. The van der Waals surface area contributed by atoms with Crippen molar-refractivity contribution in [1.29, 1.82) is 0 Å². The predicted octanol–water partition coefficient (Wildman–Crippen LogP) is 3.86. The first-order valence-electron chi connectivity index (χ1n) is 26.4. The number of nitrogens with zero attached hydrogens (tertiary/aromatic N) is 6. The van der Waals surface area contributed by atoms with Gasteiger partial charge in [-0.25, -0.2) is 42.5 Å². The SMILES string of the molecule is C=CCOCC(CN1CC1C)OC(=O)NCCCCCCn1c(=O)n(CCCCCCNC(=O)OC(COCC=C)CN2CC2C)c(=O)n(CCCCCCNC(=O)OC(COCC=C)CN2CC2C)c1=O. The second-order valence-corrected chi connectivity index (χ2v) is 19.3. The normalized spacial score (nSPS) is 20.9. The van der Waals surface area contributed by atoms with Gasteiger partial charge < -0.3 is 44.4 Å². The zero-order valence-electron chi connectivity index (χ0n) is 43.6. The molecule has 21 heteroatoms. The lowest BCUT2D eigenvalue weighted by molar-refractivity contribution is 0.0215. The van der Waals surface area contributed by atoms with Gasteiger partial charge in [-0.1, -0.05) is 56.8 Å². The number of carbonyl (C=O) groups is 3. The van der Waals surface area contributed by atoms with E-state index in [4.69, 9.17) is 28.4 Å². The van der Waals surface area contributed by atoms with E-state index in [0.29, 0.717) is 135 Å². The number of hydrogen-bond acceptors (Lipinski definition) is 15. The van der Waals surface area contributed by atoms with Gasteiger partial charge in [0.2, 0.25) is 0 Å². The monoisotopic (exact) mass is 1020 g/mol. The highest BCUT2D eigenvalue weighted by Gasteiger charge is 2.34. The van der Waals surface area contributed by atoms with Gasteiger partial charge in [-0.2, -0.15) is 0 Å². The molecule has 72 heavy (non-hydrogen) atoms. The van der Waals surface area contributed by atoms with E-state index < -0.39 is 53.7 Å². The maximum atomic E-state index is 13.8. The molecule has 0 spiro atoms. The van der Waals surface area contributed by atoms with Crippen LogP contribution in [0.3, 0.4) is 0 Å². The maximum absolute atomic E-state index is 13.8. The highest BCUT2D eigenvalue weighted by atomic mass is 16.6. The molecule has 0 aliphatic carbocycles. The molecular formula is C51H87N9O12. The summed E-state index contributed by atoms with van der Waals surface area (Å²) in [5.41, 5.74) is -1.88. The summed E-state index contributed by atoms with van der Waals surface area (Å²) < 4.78 is 37.0. The molecule has 1 aromatic rings. The van der Waals surface area contributed by atoms with E-state index in [2.05, 4.69) is 71.2 Å². The molecular weight excluding hydrogens is 931 g/mol. The number of ether oxygens (including phenoxy) is 6. The number of unbranched alkanes of at least 4 members (excludes halogenated alkanes) is 9. The Morgan fingerprint density at radius 2 is 0.722 bits per heavy atom. The van der Waals surface area contributed by atoms with E-state index >= 15 is 0 Å². The third kappa shape index (κ3) is 23.8. The number of amides is 3. The van der Waals surface area contributed by atoms with Gasteiger partial charge in [0.1, 0.15) is 18.3 Å². The van der Waals surface area contributed by atoms with Gasteiger partial charge in [-0.05, 0) is 59.3 Å². The van der Waals surface area contributed by atoms with Crippen LogP contribution in [0.25, 0.3) is 0 Å². The summed E-state index contributed by atoms with van der Waals surface area (Å²) in [5.74, 6) is 0. The molecule has 0 saturated carbocycles. The molecule has 9 unspecified atom stereocenters. The Balaban J connectivity index is 1.23. The molecule has 9 atom stereocenters. The van der Waals surface area contributed by atoms with Crippen molar-refractivity contribution in [3.05, 3.63) is 69.4 Å². The molecule has 3 aliphatic rings. The van der Waals surface area contributed by atoms with Gasteiger partial charge in [0.15, 0.2) is 0 Å². The van der Waals surface area contributed by atoms with Crippen molar-refractivity contribution in [2.75, 3.05) is 98.5 Å². The van der Waals surface area contributed by atoms with E-state index in [-0.39, 0.29) is 39.5 Å². The molecule has 3 N–H and O–H groups in total. The van der Waals surface area contributed by atoms with Crippen molar-refractivity contribution >= 4 is 18.3 Å². The zero-order valence-corrected chi connectivity index (χ0v) is 43.6. The lowest BCUT2D eigenvalue weighted by atomic mass is 10.2. The number of aromatic nitrogens is 3. The van der Waals surface area contributed by atoms with Crippen molar-refractivity contribution in [3.8, 4) is 0 Å². The Morgan fingerprint density at radius 1 is 0.472 bits per heavy atom. The lowest BCUT2D eigenvalue weighted by Crippen LogP contribution is -2.54. The van der Waals surface area contributed by atoms with E-state index in [1.165, 1.54) is 13.7 Å². The molecule has 3 fully saturated rings. The second-order valence-electron chi connectivity index (χ2n) is 19.3. The van der Waals surface area contributed by atoms with Crippen LogP contribution in [0, 0.1) is 0 Å². The number of hydrogen-bond donors (Lipinski definition) is 3. The largest absolute Gasteiger partial charge is 0.442 e. The Kier molecular flexibility index (Phi) is 28.1. The zero-order chi connectivity index (χ0) is 52.1. The number of nitrogens with one attached hydrogen (secondary N) is 3. The van der Waals surface area contributed by atoms with Crippen LogP contribution >= 0.6 is 0 Å². The molecule has 3 amide bonds. The van der Waals surface area contributed by atoms with E-state index in [0.717, 1.165) is 38.9 Å². The summed E-state index contributed by atoms with van der Waals surface area (Å²) in [4.78, 5) is 85.6. The molecule has 1 aromatic heterocycles. The van der Waals surface area contributed by atoms with E-state index in [1.807, 2.05) is 0 Å². The predicted molar refractivity (Wildman–Crippen MR) is 276 cm³/mol. The van der Waals surface area contributed by atoms with Gasteiger partial charge in [0.25, 0.3) is 0 Å². The Hall–Kier alpha value is -4.80. The van der Waals surface area contributed by atoms with Crippen molar-refractivity contribution < 1.29 is 42.8 Å². The molecule has 4 rings (SSSR count). The first-order chi connectivity index (χ1) is 34.8. The summed E-state index contributed by atoms with van der Waals surface area (Å²) >= 11 is 0. The van der Waals surface area contributed by atoms with Gasteiger partial charge >= 0.3 is 35.3 Å². The first-order valence-corrected chi connectivity index (χ1v) is 26.4. The van der Waals surface area contributed by atoms with Gasteiger partial charge in [-0.3, -0.25) is 14.7 Å². The molecule has 4 heterocycles. The fraction of sp³-hybridized carbons (Fsp3) is 0.765. The summed E-state index contributed by atoms with van der Waals surface area (Å²) in [6.45, 7) is 25.7. The van der Waals surface area contributed by atoms with Crippen LogP contribution in [0.15, 0.2) is 52.3 Å². The molecule has 0 bridgehead atoms. The van der Waals surface area contributed by atoms with Gasteiger partial charge in [0.05, 0.1) is 39.6 Å². The van der Waals surface area contributed by atoms with Crippen LogP contribution in [0.5, 0.6) is 0 Å². The molecule has 0 aromatic carbocycles. The smallest absolute Gasteiger partial charge is 0.407 e. The average molecular weight is 1020 g/mol. The number of rotatable bonds is 42. The Morgan fingerprint density at radius 3 is 0.958 bits per heavy atom. The summed E-state index contributed by atoms with van der Waals surface area (Å²) in [6.07, 6.45) is 10.2.